The third-order valence-corrected chi connectivity index (χ3v) is 6.57. The molecule has 0 fully saturated rings. The van der Waals surface area contributed by atoms with Gasteiger partial charge in [-0.05, 0) is 67.4 Å². The molecule has 3 rings (SSSR count). The second-order valence-electron chi connectivity index (χ2n) is 7.03. The van der Waals surface area contributed by atoms with Gasteiger partial charge in [0.2, 0.25) is 10.0 Å². The van der Waals surface area contributed by atoms with Crippen molar-refractivity contribution in [1.29, 1.82) is 0 Å². The smallest absolute Gasteiger partial charge is 0.244 e. The van der Waals surface area contributed by atoms with E-state index in [1.165, 1.54) is 22.7 Å². The Bertz CT molecular complexity index is 1080. The van der Waals surface area contributed by atoms with Crippen LogP contribution in [-0.4, -0.2) is 19.8 Å². The fourth-order valence-electron chi connectivity index (χ4n) is 3.20. The Morgan fingerprint density at radius 1 is 1.13 bits per heavy atom. The molecule has 0 aliphatic heterocycles. The van der Waals surface area contributed by atoms with Gasteiger partial charge in [-0.2, -0.15) is 4.31 Å². The van der Waals surface area contributed by atoms with Crippen LogP contribution in [0.4, 0.5) is 4.39 Å². The number of nitrogens with zero attached hydrogens (tertiary/aromatic N) is 1. The van der Waals surface area contributed by atoms with Crippen LogP contribution in [0.15, 0.2) is 88.4 Å². The third-order valence-electron chi connectivity index (χ3n) is 4.70. The zero-order valence-electron chi connectivity index (χ0n) is 16.9. The molecule has 0 spiro atoms. The van der Waals surface area contributed by atoms with Crippen molar-refractivity contribution >= 4 is 10.0 Å². The van der Waals surface area contributed by atoms with Crippen molar-refractivity contribution in [1.82, 2.24) is 4.31 Å². The topological polar surface area (TPSA) is 59.8 Å². The molecule has 0 saturated carbocycles. The second kappa shape index (κ2) is 9.28. The Kier molecular flexibility index (Phi) is 6.74. The van der Waals surface area contributed by atoms with Crippen LogP contribution < -0.4 is 4.74 Å². The molecule has 1 atom stereocenters. The van der Waals surface area contributed by atoms with Crippen LogP contribution in [-0.2, 0) is 16.6 Å². The molecule has 158 valence electrons. The number of furan rings is 1. The van der Waals surface area contributed by atoms with Crippen LogP contribution >= 0.6 is 0 Å². The largest absolute Gasteiger partial charge is 0.497 e. The molecule has 1 heterocycles. The predicted octanol–water partition coefficient (Wildman–Crippen LogP) is 5.33. The molecule has 1 unspecified atom stereocenters. The highest BCUT2D eigenvalue weighted by molar-refractivity contribution is 7.89. The van der Waals surface area contributed by atoms with Gasteiger partial charge in [-0.1, -0.05) is 17.7 Å². The van der Waals surface area contributed by atoms with Gasteiger partial charge in [-0.25, -0.2) is 12.8 Å². The molecule has 0 N–H and O–H groups in total. The highest BCUT2D eigenvalue weighted by Crippen LogP contribution is 2.34. The fourth-order valence-corrected chi connectivity index (χ4v) is 4.78. The quantitative estimate of drug-likeness (QED) is 0.432. The van der Waals surface area contributed by atoms with Gasteiger partial charge in [0.25, 0.3) is 0 Å². The number of rotatable bonds is 9. The second-order valence-corrected chi connectivity index (χ2v) is 8.92. The van der Waals surface area contributed by atoms with Crippen LogP contribution in [0.2, 0.25) is 0 Å². The maximum atomic E-state index is 13.6. The van der Waals surface area contributed by atoms with E-state index in [1.807, 2.05) is 19.1 Å². The van der Waals surface area contributed by atoms with Gasteiger partial charge >= 0.3 is 0 Å². The highest BCUT2D eigenvalue weighted by atomic mass is 32.2. The lowest BCUT2D eigenvalue weighted by Gasteiger charge is -2.31. The minimum atomic E-state index is -3.97. The van der Waals surface area contributed by atoms with Crippen molar-refractivity contribution in [2.24, 2.45) is 0 Å². The Labute approximate surface area is 176 Å². The molecule has 30 heavy (non-hydrogen) atoms. The summed E-state index contributed by atoms with van der Waals surface area (Å²) in [5, 5.41) is 0. The average molecular weight is 430 g/mol. The Morgan fingerprint density at radius 3 is 2.33 bits per heavy atom. The van der Waals surface area contributed by atoms with Gasteiger partial charge in [0.05, 0.1) is 30.9 Å². The summed E-state index contributed by atoms with van der Waals surface area (Å²) in [5.41, 5.74) is 1.62. The van der Waals surface area contributed by atoms with Gasteiger partial charge in [0.1, 0.15) is 17.3 Å². The van der Waals surface area contributed by atoms with Crippen LogP contribution in [0, 0.1) is 5.82 Å². The van der Waals surface area contributed by atoms with Crippen molar-refractivity contribution in [2.45, 2.75) is 30.8 Å². The lowest BCUT2D eigenvalue weighted by atomic mass is 10.00. The number of halogens is 1. The molecular weight excluding hydrogens is 405 g/mol. The predicted molar refractivity (Wildman–Crippen MR) is 113 cm³/mol. The number of sulfonamides is 1. The summed E-state index contributed by atoms with van der Waals surface area (Å²) in [6, 6.07) is 15.0. The molecule has 2 aromatic carbocycles. The first-order valence-electron chi connectivity index (χ1n) is 9.39. The van der Waals surface area contributed by atoms with Gasteiger partial charge in [0, 0.05) is 0 Å². The monoisotopic (exact) mass is 429 g/mol. The molecule has 3 aromatic rings. The van der Waals surface area contributed by atoms with Crippen LogP contribution in [0.3, 0.4) is 0 Å². The Morgan fingerprint density at radius 2 is 1.80 bits per heavy atom. The summed E-state index contributed by atoms with van der Waals surface area (Å²) in [4.78, 5) is 0.00989. The van der Waals surface area contributed by atoms with E-state index in [-0.39, 0.29) is 11.4 Å². The molecule has 7 heteroatoms. The van der Waals surface area contributed by atoms with Crippen molar-refractivity contribution in [2.75, 3.05) is 7.11 Å². The van der Waals surface area contributed by atoms with Crippen LogP contribution in [0.25, 0.3) is 0 Å². The zero-order chi connectivity index (χ0) is 21.7. The molecule has 0 saturated heterocycles. The number of benzene rings is 2. The molecule has 0 amide bonds. The SMILES string of the molecule is C=C(C)CC(c1ccc(OC)cc1)N(Cc1ccco1)S(=O)(=O)c1ccc(F)cc1. The van der Waals surface area contributed by atoms with Crippen molar-refractivity contribution in [3.63, 3.8) is 0 Å². The normalized spacial score (nSPS) is 12.7. The van der Waals surface area contributed by atoms with Crippen molar-refractivity contribution in [3.8, 4) is 5.75 Å². The first kappa shape index (κ1) is 21.8. The molecular formula is C23H24FNO4S. The van der Waals surface area contributed by atoms with Crippen LogP contribution in [0.5, 0.6) is 5.75 Å². The van der Waals surface area contributed by atoms with Gasteiger partial charge in [-0.15, -0.1) is 6.58 Å². The molecule has 0 aliphatic rings. The van der Waals surface area contributed by atoms with E-state index in [0.29, 0.717) is 17.9 Å². The van der Waals surface area contributed by atoms with Crippen molar-refractivity contribution in [3.05, 3.63) is 96.2 Å². The van der Waals surface area contributed by atoms with Crippen LogP contribution in [0.1, 0.15) is 30.7 Å². The summed E-state index contributed by atoms with van der Waals surface area (Å²) in [6.07, 6.45) is 1.91. The molecule has 1 aromatic heterocycles. The minimum absolute atomic E-state index is 0.00989. The summed E-state index contributed by atoms with van der Waals surface area (Å²) in [7, 11) is -2.40. The Hall–Kier alpha value is -2.90. The average Bonchev–Trinajstić information content (AvgIpc) is 3.24. The van der Waals surface area contributed by atoms with E-state index < -0.39 is 21.9 Å². The van der Waals surface area contributed by atoms with E-state index in [2.05, 4.69) is 6.58 Å². The number of ether oxygens (including phenoxy) is 1. The maximum Gasteiger partial charge on any atom is 0.244 e. The molecule has 0 bridgehead atoms. The summed E-state index contributed by atoms with van der Waals surface area (Å²) in [5.74, 6) is 0.674. The lowest BCUT2D eigenvalue weighted by molar-refractivity contribution is 0.290. The van der Waals surface area contributed by atoms with E-state index in [9.17, 15) is 12.8 Å². The van der Waals surface area contributed by atoms with Gasteiger partial charge in [-0.3, -0.25) is 0 Å². The van der Waals surface area contributed by atoms with E-state index >= 15 is 0 Å². The van der Waals surface area contributed by atoms with Gasteiger partial charge < -0.3 is 9.15 Å². The first-order chi connectivity index (χ1) is 14.3. The van der Waals surface area contributed by atoms with E-state index in [0.717, 1.165) is 23.3 Å². The molecule has 0 radical (unpaired) electrons. The zero-order valence-corrected chi connectivity index (χ0v) is 17.7. The number of methoxy groups -OCH3 is 1. The first-order valence-corrected chi connectivity index (χ1v) is 10.8. The fraction of sp³-hybridized carbons (Fsp3) is 0.217. The maximum absolute atomic E-state index is 13.6. The van der Waals surface area contributed by atoms with Gasteiger partial charge in [0.15, 0.2) is 0 Å². The summed E-state index contributed by atoms with van der Waals surface area (Å²) >= 11 is 0. The molecule has 5 nitrogen and oxygen atoms in total. The number of hydrogen-bond acceptors (Lipinski definition) is 4. The Balaban J connectivity index is 2.10. The summed E-state index contributed by atoms with van der Waals surface area (Å²) < 4.78 is 52.6. The minimum Gasteiger partial charge on any atom is -0.497 e. The van der Waals surface area contributed by atoms with E-state index in [1.54, 1.807) is 31.4 Å². The van der Waals surface area contributed by atoms with E-state index in [4.69, 9.17) is 9.15 Å². The summed E-state index contributed by atoms with van der Waals surface area (Å²) in [6.45, 7) is 5.86. The lowest BCUT2D eigenvalue weighted by Crippen LogP contribution is -2.34. The molecule has 0 aliphatic carbocycles. The standard InChI is InChI=1S/C23H24FNO4S/c1-17(2)15-23(18-6-10-20(28-3)11-7-18)25(16-21-5-4-14-29-21)30(26,27)22-12-8-19(24)9-13-22/h4-14,23H,1,15-16H2,2-3H3. The third kappa shape index (κ3) is 4.98. The van der Waals surface area contributed by atoms with Crippen molar-refractivity contribution < 1.29 is 22.0 Å². The number of hydrogen-bond donors (Lipinski definition) is 0. The highest BCUT2D eigenvalue weighted by Gasteiger charge is 2.33.